The van der Waals surface area contributed by atoms with Crippen LogP contribution in [0.3, 0.4) is 0 Å². The van der Waals surface area contributed by atoms with Crippen molar-refractivity contribution in [1.82, 2.24) is 9.97 Å². The molecule has 8 nitrogen and oxygen atoms in total. The molecule has 2 aromatic carbocycles. The quantitative estimate of drug-likeness (QED) is 0.361. The van der Waals surface area contributed by atoms with Gasteiger partial charge in [0.15, 0.2) is 0 Å². The molecule has 0 spiro atoms. The van der Waals surface area contributed by atoms with E-state index in [9.17, 15) is 14.9 Å². The Bertz CT molecular complexity index is 1240. The number of hydrogen-bond donors (Lipinski definition) is 2. The van der Waals surface area contributed by atoms with Crippen LogP contribution in [0.25, 0.3) is 10.2 Å². The van der Waals surface area contributed by atoms with Crippen molar-refractivity contribution < 1.29 is 9.72 Å². The molecule has 4 aromatic rings. The molecule has 29 heavy (non-hydrogen) atoms. The molecule has 0 bridgehead atoms. The zero-order valence-corrected chi connectivity index (χ0v) is 16.1. The van der Waals surface area contributed by atoms with Gasteiger partial charge in [-0.3, -0.25) is 14.9 Å². The van der Waals surface area contributed by atoms with Gasteiger partial charge in [0.1, 0.15) is 22.5 Å². The highest BCUT2D eigenvalue weighted by Crippen LogP contribution is 2.28. The van der Waals surface area contributed by atoms with Crippen molar-refractivity contribution in [3.63, 3.8) is 0 Å². The number of carbonyl (C=O) groups excluding carboxylic acids is 1. The van der Waals surface area contributed by atoms with Crippen LogP contribution in [0.4, 0.5) is 22.9 Å². The predicted molar refractivity (Wildman–Crippen MR) is 113 cm³/mol. The second-order valence-electron chi connectivity index (χ2n) is 6.30. The molecule has 2 aromatic heterocycles. The van der Waals surface area contributed by atoms with Crippen LogP contribution in [-0.2, 0) is 0 Å². The van der Waals surface area contributed by atoms with Crippen LogP contribution in [0, 0.1) is 17.0 Å². The Morgan fingerprint density at radius 3 is 2.76 bits per heavy atom. The molecule has 0 aliphatic carbocycles. The van der Waals surface area contributed by atoms with E-state index in [4.69, 9.17) is 0 Å². The molecule has 0 saturated heterocycles. The molecule has 0 fully saturated rings. The van der Waals surface area contributed by atoms with E-state index in [0.717, 1.165) is 15.8 Å². The first-order chi connectivity index (χ1) is 14.0. The van der Waals surface area contributed by atoms with E-state index in [1.54, 1.807) is 31.2 Å². The number of nitro benzene ring substituents is 1. The molecule has 0 saturated carbocycles. The molecule has 2 heterocycles. The first kappa shape index (κ1) is 18.5. The Morgan fingerprint density at radius 2 is 1.93 bits per heavy atom. The average Bonchev–Trinajstić information content (AvgIpc) is 3.18. The minimum Gasteiger partial charge on any atom is -0.340 e. The fourth-order valence-electron chi connectivity index (χ4n) is 2.89. The monoisotopic (exact) mass is 405 g/mol. The lowest BCUT2D eigenvalue weighted by Gasteiger charge is -2.10. The first-order valence-corrected chi connectivity index (χ1v) is 9.51. The van der Waals surface area contributed by atoms with Crippen LogP contribution in [0.1, 0.15) is 15.9 Å². The lowest BCUT2D eigenvalue weighted by atomic mass is 10.1. The minimum absolute atomic E-state index is 0.0177. The topological polar surface area (TPSA) is 110 Å². The second kappa shape index (κ2) is 7.64. The number of hydrogen-bond acceptors (Lipinski definition) is 7. The lowest BCUT2D eigenvalue weighted by molar-refractivity contribution is -0.385. The van der Waals surface area contributed by atoms with Crippen LogP contribution in [-0.4, -0.2) is 20.8 Å². The number of thiophene rings is 1. The van der Waals surface area contributed by atoms with Gasteiger partial charge in [-0.15, -0.1) is 11.3 Å². The van der Waals surface area contributed by atoms with Crippen molar-refractivity contribution >= 4 is 50.3 Å². The smallest absolute Gasteiger partial charge is 0.282 e. The molecule has 2 N–H and O–H groups in total. The summed E-state index contributed by atoms with van der Waals surface area (Å²) >= 11 is 1.52. The molecule has 1 amide bonds. The van der Waals surface area contributed by atoms with Gasteiger partial charge in [-0.2, -0.15) is 0 Å². The fraction of sp³-hybridized carbons (Fsp3) is 0.0500. The standard InChI is InChI=1S/C20H15N5O3S/c1-12-5-6-17(25(27)28)16(9-12)19(26)24-14-4-2-3-13(10-14)23-18-15-7-8-29-20(15)22-11-21-18/h2-11H,1H3,(H,24,26)(H,21,22,23). The lowest BCUT2D eigenvalue weighted by Crippen LogP contribution is -2.14. The summed E-state index contributed by atoms with van der Waals surface area (Å²) in [6.07, 6.45) is 1.49. The maximum atomic E-state index is 12.6. The highest BCUT2D eigenvalue weighted by atomic mass is 32.1. The van der Waals surface area contributed by atoms with Gasteiger partial charge in [0.2, 0.25) is 0 Å². The highest BCUT2D eigenvalue weighted by molar-refractivity contribution is 7.16. The SMILES string of the molecule is Cc1ccc([N+](=O)[O-])c(C(=O)Nc2cccc(Nc3ncnc4sccc34)c2)c1. The zero-order chi connectivity index (χ0) is 20.4. The van der Waals surface area contributed by atoms with Gasteiger partial charge in [0.05, 0.1) is 10.3 Å². The van der Waals surface area contributed by atoms with Crippen molar-refractivity contribution in [3.8, 4) is 0 Å². The van der Waals surface area contributed by atoms with Crippen molar-refractivity contribution in [2.24, 2.45) is 0 Å². The van der Waals surface area contributed by atoms with E-state index in [-0.39, 0.29) is 11.3 Å². The molecule has 0 aliphatic rings. The summed E-state index contributed by atoms with van der Waals surface area (Å²) in [5.41, 5.74) is 1.77. The summed E-state index contributed by atoms with van der Waals surface area (Å²) in [6.45, 7) is 1.78. The number of anilines is 3. The normalized spacial score (nSPS) is 10.7. The maximum Gasteiger partial charge on any atom is 0.282 e. The molecule has 4 rings (SSSR count). The Labute approximate surface area is 169 Å². The summed E-state index contributed by atoms with van der Waals surface area (Å²) in [5, 5.41) is 20.0. The van der Waals surface area contributed by atoms with Crippen LogP contribution >= 0.6 is 11.3 Å². The van der Waals surface area contributed by atoms with Gasteiger partial charge in [-0.05, 0) is 48.2 Å². The molecule has 0 atom stereocenters. The fourth-order valence-corrected chi connectivity index (χ4v) is 3.62. The van der Waals surface area contributed by atoms with Crippen molar-refractivity contribution in [3.05, 3.63) is 81.5 Å². The molecular formula is C20H15N5O3S. The number of fused-ring (bicyclic) bond motifs is 1. The first-order valence-electron chi connectivity index (χ1n) is 8.63. The van der Waals surface area contributed by atoms with E-state index in [2.05, 4.69) is 20.6 Å². The molecule has 0 unspecified atom stereocenters. The van der Waals surface area contributed by atoms with E-state index >= 15 is 0 Å². The number of amides is 1. The number of carbonyl (C=O) groups is 1. The van der Waals surface area contributed by atoms with Gasteiger partial charge in [0.25, 0.3) is 11.6 Å². The third-order valence-electron chi connectivity index (χ3n) is 4.24. The zero-order valence-electron chi connectivity index (χ0n) is 15.2. The molecule has 0 aliphatic heterocycles. The van der Waals surface area contributed by atoms with E-state index < -0.39 is 10.8 Å². The highest BCUT2D eigenvalue weighted by Gasteiger charge is 2.20. The summed E-state index contributed by atoms with van der Waals surface area (Å²) in [4.78, 5) is 32.7. The summed E-state index contributed by atoms with van der Waals surface area (Å²) in [5.74, 6) is 0.119. The van der Waals surface area contributed by atoms with Gasteiger partial charge >= 0.3 is 0 Å². The Morgan fingerprint density at radius 1 is 1.10 bits per heavy atom. The molecule has 9 heteroatoms. The Hall–Kier alpha value is -3.85. The molecule has 144 valence electrons. The Kier molecular flexibility index (Phi) is 4.88. The van der Waals surface area contributed by atoms with Gasteiger partial charge in [0, 0.05) is 17.4 Å². The maximum absolute atomic E-state index is 12.6. The minimum atomic E-state index is -0.562. The second-order valence-corrected chi connectivity index (χ2v) is 7.19. The van der Waals surface area contributed by atoms with Crippen molar-refractivity contribution in [1.29, 1.82) is 0 Å². The number of rotatable bonds is 5. The number of nitrogens with zero attached hydrogens (tertiary/aromatic N) is 3. The van der Waals surface area contributed by atoms with Gasteiger partial charge < -0.3 is 10.6 Å². The van der Waals surface area contributed by atoms with E-state index in [1.807, 2.05) is 17.5 Å². The third-order valence-corrected chi connectivity index (χ3v) is 5.06. The van der Waals surface area contributed by atoms with Crippen LogP contribution < -0.4 is 10.6 Å². The van der Waals surface area contributed by atoms with Crippen LogP contribution in [0.5, 0.6) is 0 Å². The number of nitro groups is 1. The third kappa shape index (κ3) is 3.90. The summed E-state index contributed by atoms with van der Waals surface area (Å²) in [6, 6.07) is 13.4. The van der Waals surface area contributed by atoms with Crippen LogP contribution in [0.15, 0.2) is 60.2 Å². The average molecular weight is 405 g/mol. The summed E-state index contributed by atoms with van der Waals surface area (Å²) < 4.78 is 0. The number of benzene rings is 2. The van der Waals surface area contributed by atoms with Crippen LogP contribution in [0.2, 0.25) is 0 Å². The number of aryl methyl sites for hydroxylation is 1. The van der Waals surface area contributed by atoms with Crippen molar-refractivity contribution in [2.75, 3.05) is 10.6 Å². The summed E-state index contributed by atoms with van der Waals surface area (Å²) in [7, 11) is 0. The molecular weight excluding hydrogens is 390 g/mol. The number of nitrogens with one attached hydrogen (secondary N) is 2. The van der Waals surface area contributed by atoms with Gasteiger partial charge in [-0.25, -0.2) is 9.97 Å². The van der Waals surface area contributed by atoms with E-state index in [1.165, 1.54) is 29.8 Å². The Balaban J connectivity index is 1.58. The molecule has 0 radical (unpaired) electrons. The van der Waals surface area contributed by atoms with Crippen molar-refractivity contribution in [2.45, 2.75) is 6.92 Å². The van der Waals surface area contributed by atoms with E-state index in [0.29, 0.717) is 17.2 Å². The number of aromatic nitrogens is 2. The largest absolute Gasteiger partial charge is 0.340 e. The predicted octanol–water partition coefficient (Wildman–Crippen LogP) is 4.90. The van der Waals surface area contributed by atoms with Gasteiger partial charge in [-0.1, -0.05) is 12.1 Å².